The predicted molar refractivity (Wildman–Crippen MR) is 109 cm³/mol. The predicted octanol–water partition coefficient (Wildman–Crippen LogP) is 5.53. The Morgan fingerprint density at radius 1 is 1.25 bits per heavy atom. The average Bonchev–Trinajstić information content (AvgIpc) is 3.12. The number of thiazole rings is 1. The van der Waals surface area contributed by atoms with Gasteiger partial charge in [0.15, 0.2) is 10.8 Å². The Morgan fingerprint density at radius 3 is 2.64 bits per heavy atom. The molecule has 0 bridgehead atoms. The van der Waals surface area contributed by atoms with Crippen molar-refractivity contribution in [1.82, 2.24) is 9.97 Å². The molecule has 0 fully saturated rings. The molecule has 3 aromatic rings. The Hall–Kier alpha value is -2.38. The first-order valence-corrected chi connectivity index (χ1v) is 9.90. The van der Waals surface area contributed by atoms with Crippen molar-refractivity contribution >= 4 is 37.1 Å². The van der Waals surface area contributed by atoms with Crippen molar-refractivity contribution in [2.24, 2.45) is 0 Å². The summed E-state index contributed by atoms with van der Waals surface area (Å²) in [4.78, 5) is 9.79. The molecule has 1 unspecified atom stereocenters. The smallest absolute Gasteiger partial charge is 0.434 e. The van der Waals surface area contributed by atoms with Crippen molar-refractivity contribution in [1.29, 1.82) is 0 Å². The van der Waals surface area contributed by atoms with E-state index in [0.717, 1.165) is 28.0 Å². The van der Waals surface area contributed by atoms with Crippen LogP contribution in [0.2, 0.25) is 0 Å². The highest BCUT2D eigenvalue weighted by atomic mass is 32.1. The highest BCUT2D eigenvalue weighted by Gasteiger charge is 2.33. The molecule has 0 radical (unpaired) electrons. The lowest BCUT2D eigenvalue weighted by Gasteiger charge is -2.17. The van der Waals surface area contributed by atoms with E-state index in [4.69, 9.17) is 4.74 Å². The first kappa shape index (κ1) is 20.4. The van der Waals surface area contributed by atoms with Gasteiger partial charge in [0, 0.05) is 19.5 Å². The number of ether oxygens (including phenoxy) is 1. The van der Waals surface area contributed by atoms with Gasteiger partial charge in [0.25, 0.3) is 0 Å². The van der Waals surface area contributed by atoms with Gasteiger partial charge in [-0.2, -0.15) is 13.2 Å². The topological polar surface area (TPSA) is 50.3 Å². The molecule has 2 heterocycles. The maximum absolute atomic E-state index is 12.8. The largest absolute Gasteiger partial charge is 0.437 e. The summed E-state index contributed by atoms with van der Waals surface area (Å²) >= 11 is 0.866. The van der Waals surface area contributed by atoms with E-state index in [9.17, 15) is 13.2 Å². The Kier molecular flexibility index (Phi) is 6.05. The van der Waals surface area contributed by atoms with E-state index in [1.807, 2.05) is 43.3 Å². The molecule has 0 saturated heterocycles. The van der Waals surface area contributed by atoms with Gasteiger partial charge in [-0.25, -0.2) is 9.97 Å². The van der Waals surface area contributed by atoms with Crippen LogP contribution < -0.4 is 15.0 Å². The quantitative estimate of drug-likeness (QED) is 0.525. The number of nitrogens with one attached hydrogen (secondary N) is 1. The summed E-state index contributed by atoms with van der Waals surface area (Å²) in [6.07, 6.45) is -2.17. The third-order valence-electron chi connectivity index (χ3n) is 3.79. The van der Waals surface area contributed by atoms with Crippen LogP contribution in [0, 0.1) is 0 Å². The van der Waals surface area contributed by atoms with E-state index in [2.05, 4.69) is 24.5 Å². The molecule has 2 aromatic heterocycles. The van der Waals surface area contributed by atoms with Gasteiger partial charge >= 0.3 is 6.18 Å². The van der Waals surface area contributed by atoms with Crippen molar-refractivity contribution in [3.05, 3.63) is 53.2 Å². The molecule has 3 rings (SSSR count). The van der Waals surface area contributed by atoms with Crippen LogP contribution in [0.3, 0.4) is 0 Å². The minimum Gasteiger partial charge on any atom is -0.437 e. The number of hydrogen-bond acceptors (Lipinski definition) is 6. The fourth-order valence-electron chi connectivity index (χ4n) is 2.31. The number of para-hydroxylation sites is 1. The first-order valence-electron chi connectivity index (χ1n) is 8.21. The molecule has 1 N–H and O–H groups in total. The third-order valence-corrected chi connectivity index (χ3v) is 4.99. The lowest BCUT2D eigenvalue weighted by molar-refractivity contribution is -0.140. The van der Waals surface area contributed by atoms with Gasteiger partial charge in [0.05, 0.1) is 11.9 Å². The lowest BCUT2D eigenvalue weighted by Crippen LogP contribution is -2.10. The Labute approximate surface area is 166 Å². The molecule has 1 atom stereocenters. The number of aromatic nitrogens is 2. The van der Waals surface area contributed by atoms with Gasteiger partial charge in [-0.1, -0.05) is 18.2 Å². The number of rotatable bonds is 6. The van der Waals surface area contributed by atoms with Crippen molar-refractivity contribution in [2.75, 3.05) is 24.3 Å². The summed E-state index contributed by atoms with van der Waals surface area (Å²) in [5.74, 6) is 0.876. The van der Waals surface area contributed by atoms with Gasteiger partial charge in [-0.05, 0) is 23.9 Å². The normalized spacial score (nSPS) is 11.4. The molecule has 0 aliphatic rings. The second-order valence-electron chi connectivity index (χ2n) is 6.02. The molecule has 1 aromatic carbocycles. The van der Waals surface area contributed by atoms with E-state index in [0.29, 0.717) is 17.6 Å². The fourth-order valence-corrected chi connectivity index (χ4v) is 3.38. The van der Waals surface area contributed by atoms with Crippen LogP contribution >= 0.6 is 20.6 Å². The second-order valence-corrected chi connectivity index (χ2v) is 7.28. The SMILES string of the molecule is CN(C)c1cnc(Oc2ccccc2CP)c(Nc2nc(C(F)(F)F)cs2)c1. The molecule has 0 aliphatic heterocycles. The number of nitrogens with zero attached hydrogens (tertiary/aromatic N) is 3. The molecule has 5 nitrogen and oxygen atoms in total. The molecule has 148 valence electrons. The minimum absolute atomic E-state index is 0.106. The van der Waals surface area contributed by atoms with Gasteiger partial charge in [0.2, 0.25) is 5.88 Å². The summed E-state index contributed by atoms with van der Waals surface area (Å²) in [5, 5.41) is 3.98. The van der Waals surface area contributed by atoms with Crippen LogP contribution in [0.1, 0.15) is 11.3 Å². The Bertz CT molecular complexity index is 962. The molecule has 28 heavy (non-hydrogen) atoms. The van der Waals surface area contributed by atoms with Crippen LogP contribution in [0.15, 0.2) is 41.9 Å². The molecule has 0 aliphatic carbocycles. The number of hydrogen-bond donors (Lipinski definition) is 1. The number of benzene rings is 1. The maximum Gasteiger partial charge on any atom is 0.434 e. The Balaban J connectivity index is 1.95. The summed E-state index contributed by atoms with van der Waals surface area (Å²) in [6, 6.07) is 9.25. The van der Waals surface area contributed by atoms with Gasteiger partial charge in [-0.3, -0.25) is 0 Å². The van der Waals surface area contributed by atoms with Crippen molar-refractivity contribution in [2.45, 2.75) is 12.3 Å². The fraction of sp³-hybridized carbons (Fsp3) is 0.222. The summed E-state index contributed by atoms with van der Waals surface area (Å²) in [5.41, 5.74) is 1.22. The number of halogens is 3. The summed E-state index contributed by atoms with van der Waals surface area (Å²) in [6.45, 7) is 0. The van der Waals surface area contributed by atoms with Gasteiger partial charge in [0.1, 0.15) is 11.4 Å². The third kappa shape index (κ3) is 4.72. The van der Waals surface area contributed by atoms with Crippen LogP contribution in [-0.2, 0) is 12.3 Å². The lowest BCUT2D eigenvalue weighted by atomic mass is 10.2. The van der Waals surface area contributed by atoms with Crippen molar-refractivity contribution in [3.8, 4) is 11.6 Å². The van der Waals surface area contributed by atoms with Crippen LogP contribution in [0.25, 0.3) is 0 Å². The van der Waals surface area contributed by atoms with E-state index in [-0.39, 0.29) is 11.0 Å². The molecular formula is C18H18F3N4OPS. The second kappa shape index (κ2) is 8.32. The highest BCUT2D eigenvalue weighted by molar-refractivity contribution is 7.15. The van der Waals surface area contributed by atoms with Gasteiger partial charge < -0.3 is 15.0 Å². The van der Waals surface area contributed by atoms with Crippen LogP contribution in [-0.4, -0.2) is 24.1 Å². The summed E-state index contributed by atoms with van der Waals surface area (Å²) in [7, 11) is 6.32. The summed E-state index contributed by atoms with van der Waals surface area (Å²) < 4.78 is 44.5. The van der Waals surface area contributed by atoms with E-state index in [1.54, 1.807) is 12.3 Å². The van der Waals surface area contributed by atoms with Crippen LogP contribution in [0.5, 0.6) is 11.6 Å². The van der Waals surface area contributed by atoms with E-state index >= 15 is 0 Å². The maximum atomic E-state index is 12.8. The zero-order valence-corrected chi connectivity index (χ0v) is 17.1. The van der Waals surface area contributed by atoms with Crippen LogP contribution in [0.4, 0.5) is 29.7 Å². The number of alkyl halides is 3. The van der Waals surface area contributed by atoms with E-state index in [1.165, 1.54) is 0 Å². The number of anilines is 3. The van der Waals surface area contributed by atoms with E-state index < -0.39 is 11.9 Å². The van der Waals surface area contributed by atoms with Gasteiger partial charge in [-0.15, -0.1) is 20.6 Å². The highest BCUT2D eigenvalue weighted by Crippen LogP contribution is 2.37. The Morgan fingerprint density at radius 2 is 2.00 bits per heavy atom. The molecule has 0 saturated carbocycles. The first-order chi connectivity index (χ1) is 13.3. The molecule has 0 spiro atoms. The standard InChI is InChI=1S/C18H18F3N4OPS/c1-25(2)12-7-13(23-17-24-15(10-28-17)18(19,20)21)16(22-8-12)26-14-6-4-3-5-11(14)9-27/h3-8,10H,9,27H2,1-2H3,(H,23,24). The molecule has 10 heteroatoms. The van der Waals surface area contributed by atoms with Crippen molar-refractivity contribution in [3.63, 3.8) is 0 Å². The van der Waals surface area contributed by atoms with Crippen molar-refractivity contribution < 1.29 is 17.9 Å². The number of pyridine rings is 1. The zero-order chi connectivity index (χ0) is 20.3. The molecular weight excluding hydrogens is 408 g/mol. The molecule has 0 amide bonds. The average molecular weight is 426 g/mol. The monoisotopic (exact) mass is 426 g/mol. The zero-order valence-electron chi connectivity index (χ0n) is 15.1. The minimum atomic E-state index is -4.49.